The molecule has 0 aliphatic heterocycles. The molecule has 0 saturated carbocycles. The maximum Gasteiger partial charge on any atom is 0.278 e. The van der Waals surface area contributed by atoms with Crippen LogP contribution in [0, 0.1) is 0 Å². The highest BCUT2D eigenvalue weighted by Crippen LogP contribution is 2.22. The van der Waals surface area contributed by atoms with Crippen molar-refractivity contribution in [2.24, 2.45) is 0 Å². The van der Waals surface area contributed by atoms with Crippen LogP contribution in [0.1, 0.15) is 6.42 Å². The zero-order valence-electron chi connectivity index (χ0n) is 5.09. The molecule has 0 aliphatic rings. The van der Waals surface area contributed by atoms with E-state index in [2.05, 4.69) is 0 Å². The number of hydrogen-bond donors (Lipinski definition) is 0. The highest BCUT2D eigenvalue weighted by molar-refractivity contribution is 4.69. The number of hydrogen-bond acceptors (Lipinski definition) is 0. The minimum Gasteiger partial charge on any atom is -0.248 e. The van der Waals surface area contributed by atoms with E-state index in [-0.39, 0.29) is 0 Å². The second kappa shape index (κ2) is 3.73. The zero-order chi connectivity index (χ0) is 8.20. The molecule has 0 aliphatic carbocycles. The summed E-state index contributed by atoms with van der Waals surface area (Å²) in [4.78, 5) is 0. The summed E-state index contributed by atoms with van der Waals surface area (Å²) in [6.07, 6.45) is -3.63. The number of alkyl halides is 5. The standard InChI is InChI=1S/C5H7F5/c6-2-4(8)1-5(9,10)3-7/h4H,1-3H2. The molecule has 0 spiro atoms. The van der Waals surface area contributed by atoms with Gasteiger partial charge in [0.15, 0.2) is 6.67 Å². The van der Waals surface area contributed by atoms with Gasteiger partial charge < -0.3 is 0 Å². The van der Waals surface area contributed by atoms with Crippen molar-refractivity contribution in [1.82, 2.24) is 0 Å². The van der Waals surface area contributed by atoms with E-state index in [9.17, 15) is 22.0 Å². The van der Waals surface area contributed by atoms with E-state index in [4.69, 9.17) is 0 Å². The van der Waals surface area contributed by atoms with Gasteiger partial charge in [0.1, 0.15) is 12.8 Å². The van der Waals surface area contributed by atoms with E-state index in [1.54, 1.807) is 0 Å². The molecule has 10 heavy (non-hydrogen) atoms. The van der Waals surface area contributed by atoms with Gasteiger partial charge in [-0.2, -0.15) is 0 Å². The van der Waals surface area contributed by atoms with Gasteiger partial charge in [0, 0.05) is 6.42 Å². The Morgan fingerprint density at radius 2 is 1.70 bits per heavy atom. The second-order valence-corrected chi connectivity index (χ2v) is 1.95. The first-order valence-corrected chi connectivity index (χ1v) is 2.65. The van der Waals surface area contributed by atoms with Gasteiger partial charge in [-0.1, -0.05) is 0 Å². The molecule has 0 rings (SSSR count). The Balaban J connectivity index is 3.64. The molecular weight excluding hydrogens is 155 g/mol. The van der Waals surface area contributed by atoms with Crippen molar-refractivity contribution in [3.8, 4) is 0 Å². The van der Waals surface area contributed by atoms with Crippen LogP contribution in [0.15, 0.2) is 0 Å². The maximum atomic E-state index is 11.8. The molecule has 0 N–H and O–H groups in total. The van der Waals surface area contributed by atoms with Crippen LogP contribution in [0.25, 0.3) is 0 Å². The molecule has 0 amide bonds. The molecule has 62 valence electrons. The molecule has 5 heteroatoms. The summed E-state index contributed by atoms with van der Waals surface area (Å²) < 4.78 is 57.9. The molecular formula is C5H7F5. The van der Waals surface area contributed by atoms with Gasteiger partial charge >= 0.3 is 0 Å². The summed E-state index contributed by atoms with van der Waals surface area (Å²) in [5.41, 5.74) is 0. The van der Waals surface area contributed by atoms with Crippen molar-refractivity contribution >= 4 is 0 Å². The fourth-order valence-electron chi connectivity index (χ4n) is 0.433. The van der Waals surface area contributed by atoms with Gasteiger partial charge in [-0.05, 0) is 0 Å². The molecule has 0 heterocycles. The van der Waals surface area contributed by atoms with E-state index in [0.29, 0.717) is 0 Å². The Kier molecular flexibility index (Phi) is 3.60. The van der Waals surface area contributed by atoms with Crippen LogP contribution in [-0.2, 0) is 0 Å². The van der Waals surface area contributed by atoms with E-state index in [1.807, 2.05) is 0 Å². The van der Waals surface area contributed by atoms with Gasteiger partial charge in [-0.15, -0.1) is 0 Å². The van der Waals surface area contributed by atoms with Crippen LogP contribution < -0.4 is 0 Å². The summed E-state index contributed by atoms with van der Waals surface area (Å²) in [6.45, 7) is -3.43. The molecule has 0 aromatic heterocycles. The fraction of sp³-hybridized carbons (Fsp3) is 1.00. The summed E-state index contributed by atoms with van der Waals surface area (Å²) in [7, 11) is 0. The molecule has 0 aromatic carbocycles. The number of halogens is 5. The highest BCUT2D eigenvalue weighted by Gasteiger charge is 2.32. The van der Waals surface area contributed by atoms with Crippen molar-refractivity contribution < 1.29 is 22.0 Å². The predicted molar refractivity (Wildman–Crippen MR) is 26.4 cm³/mol. The van der Waals surface area contributed by atoms with E-state index < -0.39 is 31.9 Å². The molecule has 0 aromatic rings. The topological polar surface area (TPSA) is 0 Å². The minimum atomic E-state index is -3.72. The van der Waals surface area contributed by atoms with E-state index in [1.165, 1.54) is 0 Å². The average Bonchev–Trinajstić information content (AvgIpc) is 1.87. The Morgan fingerprint density at radius 3 is 2.00 bits per heavy atom. The molecule has 1 unspecified atom stereocenters. The van der Waals surface area contributed by atoms with Gasteiger partial charge in [0.25, 0.3) is 5.92 Å². The van der Waals surface area contributed by atoms with Crippen LogP contribution in [0.4, 0.5) is 22.0 Å². The lowest BCUT2D eigenvalue weighted by molar-refractivity contribution is -0.0501. The van der Waals surface area contributed by atoms with Crippen LogP contribution in [0.3, 0.4) is 0 Å². The first-order chi connectivity index (χ1) is 4.52. The molecule has 1 atom stereocenters. The van der Waals surface area contributed by atoms with Gasteiger partial charge in [0.05, 0.1) is 0 Å². The molecule has 0 saturated heterocycles. The highest BCUT2D eigenvalue weighted by atomic mass is 19.3. The van der Waals surface area contributed by atoms with Crippen molar-refractivity contribution in [3.05, 3.63) is 0 Å². The Morgan fingerprint density at radius 1 is 1.20 bits per heavy atom. The first-order valence-electron chi connectivity index (χ1n) is 2.65. The molecule has 0 radical (unpaired) electrons. The SMILES string of the molecule is FCC(F)CC(F)(F)CF. The smallest absolute Gasteiger partial charge is 0.248 e. The quantitative estimate of drug-likeness (QED) is 0.556. The Labute approximate surface area is 55.0 Å². The third-order valence-electron chi connectivity index (χ3n) is 0.883. The normalized spacial score (nSPS) is 15.3. The molecule has 0 bridgehead atoms. The Bertz CT molecular complexity index is 92.0. The summed E-state index contributed by atoms with van der Waals surface area (Å²) in [6, 6.07) is 0. The van der Waals surface area contributed by atoms with Gasteiger partial charge in [-0.25, -0.2) is 22.0 Å². The van der Waals surface area contributed by atoms with Crippen LogP contribution in [-0.4, -0.2) is 25.4 Å². The summed E-state index contributed by atoms with van der Waals surface area (Å²) in [5.74, 6) is -3.72. The zero-order valence-corrected chi connectivity index (χ0v) is 5.09. The van der Waals surface area contributed by atoms with Crippen molar-refractivity contribution in [3.63, 3.8) is 0 Å². The largest absolute Gasteiger partial charge is 0.278 e. The van der Waals surface area contributed by atoms with Gasteiger partial charge in [-0.3, -0.25) is 0 Å². The maximum absolute atomic E-state index is 11.8. The van der Waals surface area contributed by atoms with Crippen molar-refractivity contribution in [2.45, 2.75) is 18.5 Å². The minimum absolute atomic E-state index is 1.38. The van der Waals surface area contributed by atoms with Crippen LogP contribution in [0.5, 0.6) is 0 Å². The van der Waals surface area contributed by atoms with Crippen molar-refractivity contribution in [1.29, 1.82) is 0 Å². The summed E-state index contributed by atoms with van der Waals surface area (Å²) in [5, 5.41) is 0. The Hall–Kier alpha value is -0.350. The third-order valence-corrected chi connectivity index (χ3v) is 0.883. The van der Waals surface area contributed by atoms with Gasteiger partial charge in [0.2, 0.25) is 0 Å². The monoisotopic (exact) mass is 162 g/mol. The average molecular weight is 162 g/mol. The van der Waals surface area contributed by atoms with E-state index in [0.717, 1.165) is 0 Å². The van der Waals surface area contributed by atoms with Crippen LogP contribution >= 0.6 is 0 Å². The lowest BCUT2D eigenvalue weighted by atomic mass is 10.2. The number of rotatable bonds is 4. The van der Waals surface area contributed by atoms with E-state index >= 15 is 0 Å². The lowest BCUT2D eigenvalue weighted by Crippen LogP contribution is -2.24. The van der Waals surface area contributed by atoms with Crippen LogP contribution in [0.2, 0.25) is 0 Å². The summed E-state index contributed by atoms with van der Waals surface area (Å²) >= 11 is 0. The molecule has 0 nitrogen and oxygen atoms in total. The predicted octanol–water partition coefficient (Wildman–Crippen LogP) is 2.29. The fourth-order valence-corrected chi connectivity index (χ4v) is 0.433. The molecule has 0 fully saturated rings. The van der Waals surface area contributed by atoms with Crippen molar-refractivity contribution in [2.75, 3.05) is 13.3 Å². The lowest BCUT2D eigenvalue weighted by Gasteiger charge is -2.12. The first kappa shape index (κ1) is 9.65. The second-order valence-electron chi connectivity index (χ2n) is 1.95. The third kappa shape index (κ3) is 3.63.